The molecule has 0 aliphatic heterocycles. The molecule has 20 heavy (non-hydrogen) atoms. The molecule has 102 valence electrons. The van der Waals surface area contributed by atoms with Gasteiger partial charge in [0, 0.05) is 11.6 Å². The van der Waals surface area contributed by atoms with Gasteiger partial charge in [-0.05, 0) is 41.2 Å². The number of nitrogens with two attached hydrogens (primary N) is 1. The number of hydrogen-bond acceptors (Lipinski definition) is 2. The number of fused-ring (bicyclic) bond motifs is 2. The number of rotatable bonds is 2. The van der Waals surface area contributed by atoms with Gasteiger partial charge in [0.2, 0.25) is 0 Å². The normalized spacial score (nSPS) is 16.9. The predicted octanol–water partition coefficient (Wildman–Crippen LogP) is 2.97. The molecule has 3 rings (SSSR count). The van der Waals surface area contributed by atoms with Crippen molar-refractivity contribution in [2.45, 2.75) is 25.2 Å². The number of carboxylic acid groups (broad SMARTS) is 1. The van der Waals surface area contributed by atoms with Crippen molar-refractivity contribution >= 4 is 11.7 Å². The minimum Gasteiger partial charge on any atom is -0.481 e. The zero-order chi connectivity index (χ0) is 14.1. The average molecular weight is 267 g/mol. The number of aryl methyl sites for hydroxylation is 1. The first kappa shape index (κ1) is 12.7. The van der Waals surface area contributed by atoms with Gasteiger partial charge in [0.15, 0.2) is 0 Å². The van der Waals surface area contributed by atoms with Crippen LogP contribution in [0.2, 0.25) is 0 Å². The highest BCUT2D eigenvalue weighted by Crippen LogP contribution is 2.38. The Bertz CT molecular complexity index is 664. The standard InChI is InChI=1S/C17H17NO2/c18-16-7-3-6-13-14(16)9-8-11-4-1-2-5-12(11)15(13)10-17(19)20/h1-7,15H,8-10,18H2,(H,19,20). The maximum Gasteiger partial charge on any atom is 0.304 e. The number of carbonyl (C=O) groups is 1. The van der Waals surface area contributed by atoms with Crippen LogP contribution in [0.15, 0.2) is 42.5 Å². The first-order valence-electron chi connectivity index (χ1n) is 6.83. The summed E-state index contributed by atoms with van der Waals surface area (Å²) in [7, 11) is 0. The van der Waals surface area contributed by atoms with E-state index in [1.165, 1.54) is 5.56 Å². The minimum atomic E-state index is -0.778. The van der Waals surface area contributed by atoms with Crippen LogP contribution in [-0.2, 0) is 17.6 Å². The van der Waals surface area contributed by atoms with E-state index < -0.39 is 5.97 Å². The molecule has 0 bridgehead atoms. The minimum absolute atomic E-state index is 0.105. The highest BCUT2D eigenvalue weighted by molar-refractivity contribution is 5.70. The van der Waals surface area contributed by atoms with Gasteiger partial charge < -0.3 is 10.8 Å². The van der Waals surface area contributed by atoms with Gasteiger partial charge >= 0.3 is 5.97 Å². The Labute approximate surface area is 118 Å². The highest BCUT2D eigenvalue weighted by atomic mass is 16.4. The summed E-state index contributed by atoms with van der Waals surface area (Å²) in [6.45, 7) is 0. The van der Waals surface area contributed by atoms with Crippen LogP contribution in [0, 0.1) is 0 Å². The summed E-state index contributed by atoms with van der Waals surface area (Å²) < 4.78 is 0. The molecule has 0 amide bonds. The molecule has 3 heteroatoms. The maximum absolute atomic E-state index is 11.3. The van der Waals surface area contributed by atoms with Gasteiger partial charge in [-0.2, -0.15) is 0 Å². The first-order chi connectivity index (χ1) is 9.66. The molecule has 2 aromatic carbocycles. The zero-order valence-corrected chi connectivity index (χ0v) is 11.2. The number of benzene rings is 2. The van der Waals surface area contributed by atoms with Crippen LogP contribution < -0.4 is 5.73 Å². The highest BCUT2D eigenvalue weighted by Gasteiger charge is 2.26. The number of nitrogen functional groups attached to an aromatic ring is 1. The molecule has 1 unspecified atom stereocenters. The van der Waals surface area contributed by atoms with Gasteiger partial charge in [0.1, 0.15) is 0 Å². The lowest BCUT2D eigenvalue weighted by Crippen LogP contribution is -2.10. The summed E-state index contributed by atoms with van der Waals surface area (Å²) in [4.78, 5) is 11.3. The molecule has 1 aliphatic carbocycles. The molecular weight excluding hydrogens is 250 g/mol. The Hall–Kier alpha value is -2.29. The summed E-state index contributed by atoms with van der Waals surface area (Å²) in [6, 6.07) is 13.9. The topological polar surface area (TPSA) is 63.3 Å². The van der Waals surface area contributed by atoms with Crippen LogP contribution >= 0.6 is 0 Å². The van der Waals surface area contributed by atoms with E-state index in [9.17, 15) is 9.90 Å². The van der Waals surface area contributed by atoms with Gasteiger partial charge in [-0.15, -0.1) is 0 Å². The van der Waals surface area contributed by atoms with Gasteiger partial charge in [-0.3, -0.25) is 4.79 Å². The fourth-order valence-electron chi connectivity index (χ4n) is 3.16. The van der Waals surface area contributed by atoms with E-state index in [-0.39, 0.29) is 12.3 Å². The molecule has 0 saturated heterocycles. The number of aliphatic carboxylic acids is 1. The quantitative estimate of drug-likeness (QED) is 0.822. The molecule has 0 aromatic heterocycles. The SMILES string of the molecule is Nc1cccc2c1CCc1ccccc1C2CC(=O)O. The lowest BCUT2D eigenvalue weighted by atomic mass is 9.85. The van der Waals surface area contributed by atoms with Crippen LogP contribution in [0.25, 0.3) is 0 Å². The van der Waals surface area contributed by atoms with Crippen LogP contribution in [0.1, 0.15) is 34.6 Å². The predicted molar refractivity (Wildman–Crippen MR) is 78.8 cm³/mol. The van der Waals surface area contributed by atoms with Crippen molar-refractivity contribution in [1.82, 2.24) is 0 Å². The van der Waals surface area contributed by atoms with E-state index in [0.29, 0.717) is 0 Å². The van der Waals surface area contributed by atoms with Crippen molar-refractivity contribution in [2.75, 3.05) is 5.73 Å². The fourth-order valence-corrected chi connectivity index (χ4v) is 3.16. The zero-order valence-electron chi connectivity index (χ0n) is 11.2. The second kappa shape index (κ2) is 5.00. The summed E-state index contributed by atoms with van der Waals surface area (Å²) >= 11 is 0. The largest absolute Gasteiger partial charge is 0.481 e. The third-order valence-corrected chi connectivity index (χ3v) is 4.08. The van der Waals surface area contributed by atoms with Crippen molar-refractivity contribution in [3.63, 3.8) is 0 Å². The van der Waals surface area contributed by atoms with Crippen LogP contribution in [0.5, 0.6) is 0 Å². The third-order valence-electron chi connectivity index (χ3n) is 4.08. The van der Waals surface area contributed by atoms with Gasteiger partial charge in [0.05, 0.1) is 6.42 Å². The third kappa shape index (κ3) is 2.16. The molecule has 3 N–H and O–H groups in total. The van der Waals surface area contributed by atoms with Gasteiger partial charge in [-0.25, -0.2) is 0 Å². The second-order valence-corrected chi connectivity index (χ2v) is 5.26. The van der Waals surface area contributed by atoms with Gasteiger partial charge in [0.25, 0.3) is 0 Å². The average Bonchev–Trinajstić information content (AvgIpc) is 2.58. The Morgan fingerprint density at radius 3 is 2.65 bits per heavy atom. The van der Waals surface area contributed by atoms with Crippen molar-refractivity contribution in [2.24, 2.45) is 0 Å². The lowest BCUT2D eigenvalue weighted by Gasteiger charge is -2.19. The van der Waals surface area contributed by atoms with Crippen LogP contribution in [0.3, 0.4) is 0 Å². The van der Waals surface area contributed by atoms with Gasteiger partial charge in [-0.1, -0.05) is 36.4 Å². The molecule has 0 radical (unpaired) electrons. The van der Waals surface area contributed by atoms with Crippen molar-refractivity contribution in [3.05, 3.63) is 64.7 Å². The number of carboxylic acids is 1. The molecular formula is C17H17NO2. The Morgan fingerprint density at radius 1 is 1.10 bits per heavy atom. The second-order valence-electron chi connectivity index (χ2n) is 5.26. The van der Waals surface area contributed by atoms with Crippen LogP contribution in [-0.4, -0.2) is 11.1 Å². The van der Waals surface area contributed by atoms with E-state index in [0.717, 1.165) is 35.2 Å². The van der Waals surface area contributed by atoms with E-state index in [4.69, 9.17) is 5.73 Å². The van der Waals surface area contributed by atoms with Crippen molar-refractivity contribution in [1.29, 1.82) is 0 Å². The maximum atomic E-state index is 11.3. The van der Waals surface area contributed by atoms with E-state index >= 15 is 0 Å². The molecule has 0 heterocycles. The van der Waals surface area contributed by atoms with E-state index in [2.05, 4.69) is 6.07 Å². The first-order valence-corrected chi connectivity index (χ1v) is 6.83. The molecule has 0 saturated carbocycles. The molecule has 3 nitrogen and oxygen atoms in total. The summed E-state index contributed by atoms with van der Waals surface area (Å²) in [5, 5.41) is 9.25. The Kier molecular flexibility index (Phi) is 3.18. The Morgan fingerprint density at radius 2 is 1.85 bits per heavy atom. The number of anilines is 1. The monoisotopic (exact) mass is 267 g/mol. The molecule has 0 fully saturated rings. The molecule has 2 aromatic rings. The molecule has 1 aliphatic rings. The summed E-state index contributed by atoms with van der Waals surface area (Å²) in [5.41, 5.74) is 11.4. The van der Waals surface area contributed by atoms with E-state index in [1.807, 2.05) is 36.4 Å². The lowest BCUT2D eigenvalue weighted by molar-refractivity contribution is -0.137. The van der Waals surface area contributed by atoms with E-state index in [1.54, 1.807) is 0 Å². The summed E-state index contributed by atoms with van der Waals surface area (Å²) in [5.74, 6) is -0.884. The Balaban J connectivity index is 2.19. The fraction of sp³-hybridized carbons (Fsp3) is 0.235. The van der Waals surface area contributed by atoms with Crippen LogP contribution in [0.4, 0.5) is 5.69 Å². The van der Waals surface area contributed by atoms with Crippen molar-refractivity contribution < 1.29 is 9.90 Å². The molecule has 0 spiro atoms. The smallest absolute Gasteiger partial charge is 0.304 e. The van der Waals surface area contributed by atoms with Crippen molar-refractivity contribution in [3.8, 4) is 0 Å². The summed E-state index contributed by atoms with van der Waals surface area (Å²) in [6.07, 6.45) is 1.89. The molecule has 1 atom stereocenters. The number of hydrogen-bond donors (Lipinski definition) is 2.